The molecule has 5 rings (SSSR count). The van der Waals surface area contributed by atoms with E-state index in [2.05, 4.69) is 5.32 Å². The lowest BCUT2D eigenvalue weighted by Crippen LogP contribution is -2.67. The second-order valence-electron chi connectivity index (χ2n) is 8.50. The molecule has 2 aromatic carbocycles. The van der Waals surface area contributed by atoms with Crippen molar-refractivity contribution in [2.75, 3.05) is 19.8 Å². The molecule has 0 saturated carbocycles. The van der Waals surface area contributed by atoms with Gasteiger partial charge in [-0.1, -0.05) is 60.7 Å². The summed E-state index contributed by atoms with van der Waals surface area (Å²) in [4.78, 5) is 12.1. The van der Waals surface area contributed by atoms with Crippen LogP contribution in [0.5, 0.6) is 0 Å². The summed E-state index contributed by atoms with van der Waals surface area (Å²) in [6.45, 7) is 3.22. The molecule has 1 amide bonds. The molecule has 33 heavy (non-hydrogen) atoms. The highest BCUT2D eigenvalue weighted by Gasteiger charge is 2.52. The Labute approximate surface area is 193 Å². The molecule has 0 spiro atoms. The Kier molecular flexibility index (Phi) is 7.01. The van der Waals surface area contributed by atoms with E-state index in [0.29, 0.717) is 26.4 Å². The fourth-order valence-electron chi connectivity index (χ4n) is 4.22. The number of amides is 1. The molecule has 176 valence electrons. The molecule has 0 radical (unpaired) electrons. The number of rotatable bonds is 8. The summed E-state index contributed by atoms with van der Waals surface area (Å²) < 4.78 is 36.3. The highest BCUT2D eigenvalue weighted by molar-refractivity contribution is 5.73. The molecule has 3 aliphatic heterocycles. The monoisotopic (exact) mass is 455 g/mol. The lowest BCUT2D eigenvalue weighted by molar-refractivity contribution is -0.350. The van der Waals surface area contributed by atoms with Crippen LogP contribution in [-0.4, -0.2) is 62.5 Å². The van der Waals surface area contributed by atoms with Gasteiger partial charge in [-0.3, -0.25) is 4.79 Å². The maximum Gasteiger partial charge on any atom is 0.217 e. The fourth-order valence-corrected chi connectivity index (χ4v) is 4.22. The van der Waals surface area contributed by atoms with E-state index in [4.69, 9.17) is 28.4 Å². The molecule has 3 heterocycles. The van der Waals surface area contributed by atoms with Gasteiger partial charge >= 0.3 is 0 Å². The molecule has 0 aliphatic carbocycles. The first-order chi connectivity index (χ1) is 16.2. The summed E-state index contributed by atoms with van der Waals surface area (Å²) in [5.41, 5.74) is 1.92. The number of hydrogen-bond donors (Lipinski definition) is 1. The maximum absolute atomic E-state index is 12.1. The Morgan fingerprint density at radius 3 is 2.39 bits per heavy atom. The Balaban J connectivity index is 1.36. The number of carbonyl (C=O) groups is 1. The average molecular weight is 456 g/mol. The lowest BCUT2D eigenvalue weighted by atomic mass is 9.95. The Morgan fingerprint density at radius 2 is 1.70 bits per heavy atom. The number of nitrogens with one attached hydrogen (secondary N) is 1. The fraction of sp³-hybridized carbons (Fsp3) is 0.480. The van der Waals surface area contributed by atoms with E-state index >= 15 is 0 Å². The zero-order valence-corrected chi connectivity index (χ0v) is 18.5. The third kappa shape index (κ3) is 5.60. The van der Waals surface area contributed by atoms with Crippen molar-refractivity contribution < 1.29 is 33.2 Å². The van der Waals surface area contributed by atoms with Crippen molar-refractivity contribution in [2.45, 2.75) is 56.6 Å². The molecule has 3 fully saturated rings. The number of carbonyl (C=O) groups excluding carboxylic acids is 1. The van der Waals surface area contributed by atoms with E-state index in [1.807, 2.05) is 60.7 Å². The SMILES string of the molecule is CC(=O)N[C@H]1[C@@H](OCc2ccccc2)O[C@@H]2COC(c3ccccc3)O[C@H]2[C@@H]1OCC1CO1. The first kappa shape index (κ1) is 22.5. The molecule has 0 aromatic heterocycles. The topological polar surface area (TPSA) is 87.8 Å². The van der Waals surface area contributed by atoms with Gasteiger partial charge in [0.1, 0.15) is 30.5 Å². The van der Waals surface area contributed by atoms with Crippen LogP contribution in [0.1, 0.15) is 24.3 Å². The van der Waals surface area contributed by atoms with Gasteiger partial charge in [-0.05, 0) is 5.56 Å². The van der Waals surface area contributed by atoms with E-state index in [1.54, 1.807) is 0 Å². The quantitative estimate of drug-likeness (QED) is 0.612. The van der Waals surface area contributed by atoms with Gasteiger partial charge in [-0.15, -0.1) is 0 Å². The summed E-state index contributed by atoms with van der Waals surface area (Å²) in [5, 5.41) is 2.97. The largest absolute Gasteiger partial charge is 0.371 e. The van der Waals surface area contributed by atoms with Gasteiger partial charge in [0.25, 0.3) is 0 Å². The first-order valence-electron chi connectivity index (χ1n) is 11.3. The van der Waals surface area contributed by atoms with Gasteiger partial charge in [0.15, 0.2) is 12.6 Å². The number of fused-ring (bicyclic) bond motifs is 1. The van der Waals surface area contributed by atoms with Crippen molar-refractivity contribution in [3.63, 3.8) is 0 Å². The zero-order valence-electron chi connectivity index (χ0n) is 18.5. The van der Waals surface area contributed by atoms with Crippen molar-refractivity contribution in [1.82, 2.24) is 5.32 Å². The minimum absolute atomic E-state index is 0.0673. The molecule has 7 atom stereocenters. The molecule has 2 aromatic rings. The van der Waals surface area contributed by atoms with Crippen molar-refractivity contribution in [3.8, 4) is 0 Å². The van der Waals surface area contributed by atoms with E-state index in [0.717, 1.165) is 11.1 Å². The Bertz CT molecular complexity index is 907. The van der Waals surface area contributed by atoms with Gasteiger partial charge in [-0.2, -0.15) is 0 Å². The molecule has 8 nitrogen and oxygen atoms in total. The van der Waals surface area contributed by atoms with E-state index < -0.39 is 36.9 Å². The minimum Gasteiger partial charge on any atom is -0.371 e. The smallest absolute Gasteiger partial charge is 0.217 e. The number of benzene rings is 2. The van der Waals surface area contributed by atoms with Crippen molar-refractivity contribution in [2.24, 2.45) is 0 Å². The van der Waals surface area contributed by atoms with E-state index in [-0.39, 0.29) is 12.0 Å². The van der Waals surface area contributed by atoms with Crippen LogP contribution in [0, 0.1) is 0 Å². The van der Waals surface area contributed by atoms with Crippen LogP contribution in [0.15, 0.2) is 60.7 Å². The van der Waals surface area contributed by atoms with Gasteiger partial charge in [0, 0.05) is 12.5 Å². The number of epoxide rings is 1. The second-order valence-corrected chi connectivity index (χ2v) is 8.50. The summed E-state index contributed by atoms with van der Waals surface area (Å²) in [7, 11) is 0. The minimum atomic E-state index is -0.721. The summed E-state index contributed by atoms with van der Waals surface area (Å²) in [6.07, 6.45) is -2.54. The van der Waals surface area contributed by atoms with Crippen LogP contribution in [0.3, 0.4) is 0 Å². The summed E-state index contributed by atoms with van der Waals surface area (Å²) in [5.74, 6) is -0.196. The van der Waals surface area contributed by atoms with E-state index in [9.17, 15) is 4.79 Å². The molecule has 8 heteroatoms. The van der Waals surface area contributed by atoms with Gasteiger partial charge in [0.05, 0.1) is 26.4 Å². The van der Waals surface area contributed by atoms with Gasteiger partial charge < -0.3 is 33.7 Å². The predicted octanol–water partition coefficient (Wildman–Crippen LogP) is 2.33. The van der Waals surface area contributed by atoms with Crippen LogP contribution >= 0.6 is 0 Å². The molecule has 3 saturated heterocycles. The van der Waals surface area contributed by atoms with Crippen LogP contribution < -0.4 is 5.32 Å². The molecule has 3 aliphatic rings. The number of ether oxygens (including phenoxy) is 6. The van der Waals surface area contributed by atoms with E-state index in [1.165, 1.54) is 6.92 Å². The third-order valence-electron chi connectivity index (χ3n) is 5.91. The van der Waals surface area contributed by atoms with Crippen molar-refractivity contribution in [3.05, 3.63) is 71.8 Å². The van der Waals surface area contributed by atoms with Gasteiger partial charge in [-0.25, -0.2) is 0 Å². The van der Waals surface area contributed by atoms with Crippen molar-refractivity contribution in [1.29, 1.82) is 0 Å². The second kappa shape index (κ2) is 10.3. The lowest BCUT2D eigenvalue weighted by Gasteiger charge is -2.49. The molecule has 1 N–H and O–H groups in total. The highest BCUT2D eigenvalue weighted by atomic mass is 16.8. The highest BCUT2D eigenvalue weighted by Crippen LogP contribution is 2.36. The van der Waals surface area contributed by atoms with Crippen LogP contribution in [0.2, 0.25) is 0 Å². The summed E-state index contributed by atoms with van der Waals surface area (Å²) in [6, 6.07) is 19.0. The van der Waals surface area contributed by atoms with Crippen LogP contribution in [0.4, 0.5) is 0 Å². The predicted molar refractivity (Wildman–Crippen MR) is 117 cm³/mol. The normalized spacial score (nSPS) is 33.2. The first-order valence-corrected chi connectivity index (χ1v) is 11.3. The zero-order chi connectivity index (χ0) is 22.6. The standard InChI is InChI=1S/C25H29NO7/c1-16(27)26-21-23(29-14-19-13-28-19)22-20(15-31-24(33-22)18-10-6-3-7-11-18)32-25(21)30-12-17-8-4-2-5-9-17/h2-11,19-25H,12-15H2,1H3,(H,26,27)/t19?,20-,21-,22-,23-,24?,25+/m1/s1. The van der Waals surface area contributed by atoms with Gasteiger partial charge in [0.2, 0.25) is 5.91 Å². The summed E-state index contributed by atoms with van der Waals surface area (Å²) >= 11 is 0. The third-order valence-corrected chi connectivity index (χ3v) is 5.91. The molecule has 0 bridgehead atoms. The Hall–Kier alpha value is -2.33. The molecule has 2 unspecified atom stereocenters. The van der Waals surface area contributed by atoms with Crippen LogP contribution in [0.25, 0.3) is 0 Å². The molecular formula is C25H29NO7. The number of hydrogen-bond acceptors (Lipinski definition) is 7. The molecular weight excluding hydrogens is 426 g/mol. The Morgan fingerprint density at radius 1 is 0.970 bits per heavy atom. The average Bonchev–Trinajstić information content (AvgIpc) is 3.67. The van der Waals surface area contributed by atoms with Crippen LogP contribution in [-0.2, 0) is 39.8 Å². The van der Waals surface area contributed by atoms with Crippen molar-refractivity contribution >= 4 is 5.91 Å². The maximum atomic E-state index is 12.1.